The Balaban J connectivity index is 1.65. The van der Waals surface area contributed by atoms with Gasteiger partial charge in [0.15, 0.2) is 0 Å². The van der Waals surface area contributed by atoms with Gasteiger partial charge in [0.1, 0.15) is 17.3 Å². The number of furan rings is 1. The van der Waals surface area contributed by atoms with Crippen LogP contribution in [0.25, 0.3) is 0 Å². The third-order valence-corrected chi connectivity index (χ3v) is 4.40. The molecule has 2 amide bonds. The van der Waals surface area contributed by atoms with Gasteiger partial charge in [-0.25, -0.2) is 9.18 Å². The molecule has 2 N–H and O–H groups in total. The van der Waals surface area contributed by atoms with Crippen molar-refractivity contribution in [2.45, 2.75) is 19.9 Å². The molecule has 1 aromatic carbocycles. The summed E-state index contributed by atoms with van der Waals surface area (Å²) < 4.78 is 25.0. The van der Waals surface area contributed by atoms with E-state index in [0.29, 0.717) is 19.8 Å². The maximum Gasteiger partial charge on any atom is 0.319 e. The Kier molecular flexibility index (Phi) is 5.90. The lowest BCUT2D eigenvalue weighted by atomic mass is 10.1. The van der Waals surface area contributed by atoms with Crippen LogP contribution in [0, 0.1) is 19.7 Å². The van der Waals surface area contributed by atoms with Crippen LogP contribution in [-0.2, 0) is 4.74 Å². The van der Waals surface area contributed by atoms with Crippen molar-refractivity contribution in [1.82, 2.24) is 10.2 Å². The molecule has 2 heterocycles. The maximum atomic E-state index is 13.8. The van der Waals surface area contributed by atoms with Crippen LogP contribution in [0.5, 0.6) is 0 Å². The van der Waals surface area contributed by atoms with Crippen molar-refractivity contribution >= 4 is 11.7 Å². The van der Waals surface area contributed by atoms with Crippen LogP contribution in [0.15, 0.2) is 34.7 Å². The second kappa shape index (κ2) is 8.33. The van der Waals surface area contributed by atoms with Crippen LogP contribution in [0.3, 0.4) is 0 Å². The van der Waals surface area contributed by atoms with Gasteiger partial charge in [0.05, 0.1) is 24.9 Å². The summed E-state index contributed by atoms with van der Waals surface area (Å²) in [6.45, 7) is 6.91. The SMILES string of the molecule is Cc1ccc(F)c(NC(=O)NCC(c2ccc(C)o2)N2CCOCC2)c1. The molecule has 0 bridgehead atoms. The molecule has 1 fully saturated rings. The van der Waals surface area contributed by atoms with E-state index < -0.39 is 11.8 Å². The summed E-state index contributed by atoms with van der Waals surface area (Å²) in [5, 5.41) is 5.39. The van der Waals surface area contributed by atoms with Gasteiger partial charge in [0.2, 0.25) is 0 Å². The maximum absolute atomic E-state index is 13.8. The Bertz CT molecular complexity index is 756. The van der Waals surface area contributed by atoms with Gasteiger partial charge in [-0.3, -0.25) is 4.90 Å². The molecule has 2 aromatic rings. The normalized spacial score (nSPS) is 16.3. The highest BCUT2D eigenvalue weighted by molar-refractivity contribution is 5.89. The largest absolute Gasteiger partial charge is 0.465 e. The summed E-state index contributed by atoms with van der Waals surface area (Å²) in [5.41, 5.74) is 1.04. The molecular weight excluding hydrogens is 337 g/mol. The first kappa shape index (κ1) is 18.4. The van der Waals surface area contributed by atoms with Gasteiger partial charge < -0.3 is 19.8 Å². The van der Waals surface area contributed by atoms with E-state index in [1.165, 1.54) is 6.07 Å². The van der Waals surface area contributed by atoms with Crippen LogP contribution < -0.4 is 10.6 Å². The summed E-state index contributed by atoms with van der Waals surface area (Å²) in [6, 6.07) is 7.89. The molecular formula is C19H24FN3O3. The van der Waals surface area contributed by atoms with Crippen molar-refractivity contribution in [3.63, 3.8) is 0 Å². The number of hydrogen-bond donors (Lipinski definition) is 2. The van der Waals surface area contributed by atoms with Crippen molar-refractivity contribution in [2.75, 3.05) is 38.2 Å². The predicted molar refractivity (Wildman–Crippen MR) is 96.7 cm³/mol. The average Bonchev–Trinajstić information content (AvgIpc) is 3.05. The molecule has 1 aliphatic heterocycles. The minimum Gasteiger partial charge on any atom is -0.465 e. The molecule has 7 heteroatoms. The molecule has 26 heavy (non-hydrogen) atoms. The summed E-state index contributed by atoms with van der Waals surface area (Å²) in [5.74, 6) is 1.16. The molecule has 1 saturated heterocycles. The molecule has 140 valence electrons. The van der Waals surface area contributed by atoms with E-state index in [1.807, 2.05) is 26.0 Å². The van der Waals surface area contributed by atoms with Gasteiger partial charge in [0, 0.05) is 19.6 Å². The zero-order valence-electron chi connectivity index (χ0n) is 15.0. The third kappa shape index (κ3) is 4.62. The Morgan fingerprint density at radius 3 is 2.69 bits per heavy atom. The number of carbonyl (C=O) groups is 1. The smallest absolute Gasteiger partial charge is 0.319 e. The van der Waals surface area contributed by atoms with Gasteiger partial charge in [-0.2, -0.15) is 0 Å². The van der Waals surface area contributed by atoms with E-state index in [-0.39, 0.29) is 11.7 Å². The lowest BCUT2D eigenvalue weighted by Crippen LogP contribution is -2.44. The number of aryl methyl sites for hydroxylation is 2. The number of rotatable bonds is 5. The predicted octanol–water partition coefficient (Wildman–Crippen LogP) is 3.23. The molecule has 1 aromatic heterocycles. The lowest BCUT2D eigenvalue weighted by molar-refractivity contribution is 0.0122. The van der Waals surface area contributed by atoms with Crippen LogP contribution in [0.4, 0.5) is 14.9 Å². The van der Waals surface area contributed by atoms with Crippen molar-refractivity contribution in [3.05, 3.63) is 53.2 Å². The van der Waals surface area contributed by atoms with Crippen LogP contribution in [0.2, 0.25) is 0 Å². The first-order valence-electron chi connectivity index (χ1n) is 8.72. The first-order valence-corrected chi connectivity index (χ1v) is 8.72. The second-order valence-electron chi connectivity index (χ2n) is 6.43. The Morgan fingerprint density at radius 2 is 2.00 bits per heavy atom. The Morgan fingerprint density at radius 1 is 1.23 bits per heavy atom. The van der Waals surface area contributed by atoms with E-state index in [9.17, 15) is 9.18 Å². The average molecular weight is 361 g/mol. The molecule has 1 atom stereocenters. The fourth-order valence-electron chi connectivity index (χ4n) is 3.02. The first-order chi connectivity index (χ1) is 12.5. The third-order valence-electron chi connectivity index (χ3n) is 4.40. The van der Waals surface area contributed by atoms with Crippen LogP contribution >= 0.6 is 0 Å². The minimum atomic E-state index is -0.461. The molecule has 0 saturated carbocycles. The molecule has 1 unspecified atom stereocenters. The molecule has 6 nitrogen and oxygen atoms in total. The van der Waals surface area contributed by atoms with E-state index in [2.05, 4.69) is 15.5 Å². The number of carbonyl (C=O) groups excluding carboxylic acids is 1. The van der Waals surface area contributed by atoms with E-state index in [0.717, 1.165) is 30.2 Å². The highest BCUT2D eigenvalue weighted by atomic mass is 19.1. The monoisotopic (exact) mass is 361 g/mol. The summed E-state index contributed by atoms with van der Waals surface area (Å²) >= 11 is 0. The van der Waals surface area contributed by atoms with Gasteiger partial charge in [-0.15, -0.1) is 0 Å². The summed E-state index contributed by atoms with van der Waals surface area (Å²) in [4.78, 5) is 14.5. The quantitative estimate of drug-likeness (QED) is 0.858. The number of urea groups is 1. The number of benzene rings is 1. The summed E-state index contributed by atoms with van der Waals surface area (Å²) in [6.07, 6.45) is 0. The Hall–Kier alpha value is -2.38. The number of nitrogens with one attached hydrogen (secondary N) is 2. The van der Waals surface area contributed by atoms with E-state index in [4.69, 9.17) is 9.15 Å². The van der Waals surface area contributed by atoms with Gasteiger partial charge >= 0.3 is 6.03 Å². The molecule has 1 aliphatic rings. The zero-order valence-corrected chi connectivity index (χ0v) is 15.0. The standard InChI is InChI=1S/C19H24FN3O3/c1-13-3-5-15(20)16(11-13)22-19(24)21-12-17(18-6-4-14(2)26-18)23-7-9-25-10-8-23/h3-6,11,17H,7-10,12H2,1-2H3,(H2,21,22,24). The van der Waals surface area contributed by atoms with Gasteiger partial charge in [0.25, 0.3) is 0 Å². The highest BCUT2D eigenvalue weighted by Gasteiger charge is 2.25. The number of amides is 2. The number of halogens is 1. The summed E-state index contributed by atoms with van der Waals surface area (Å²) in [7, 11) is 0. The number of nitrogens with zero attached hydrogens (tertiary/aromatic N) is 1. The van der Waals surface area contributed by atoms with Crippen molar-refractivity contribution in [2.24, 2.45) is 0 Å². The fourth-order valence-corrected chi connectivity index (χ4v) is 3.02. The molecule has 0 spiro atoms. The molecule has 0 aliphatic carbocycles. The van der Waals surface area contributed by atoms with Crippen molar-refractivity contribution in [3.8, 4) is 0 Å². The molecule has 0 radical (unpaired) electrons. The minimum absolute atomic E-state index is 0.0966. The van der Waals surface area contributed by atoms with Crippen LogP contribution in [0.1, 0.15) is 23.1 Å². The van der Waals surface area contributed by atoms with Crippen molar-refractivity contribution < 1.29 is 18.3 Å². The Labute approximate surface area is 152 Å². The topological polar surface area (TPSA) is 66.7 Å². The number of morpholine rings is 1. The lowest BCUT2D eigenvalue weighted by Gasteiger charge is -2.33. The number of hydrogen-bond acceptors (Lipinski definition) is 4. The number of anilines is 1. The molecule has 3 rings (SSSR count). The zero-order chi connectivity index (χ0) is 18.5. The fraction of sp³-hybridized carbons (Fsp3) is 0.421. The van der Waals surface area contributed by atoms with Crippen molar-refractivity contribution in [1.29, 1.82) is 0 Å². The van der Waals surface area contributed by atoms with Crippen LogP contribution in [-0.4, -0.2) is 43.8 Å². The van der Waals surface area contributed by atoms with E-state index in [1.54, 1.807) is 12.1 Å². The highest BCUT2D eigenvalue weighted by Crippen LogP contribution is 2.23. The van der Waals surface area contributed by atoms with Gasteiger partial charge in [-0.1, -0.05) is 6.07 Å². The second-order valence-corrected chi connectivity index (χ2v) is 6.43. The van der Waals surface area contributed by atoms with E-state index >= 15 is 0 Å². The number of ether oxygens (including phenoxy) is 1. The van der Waals surface area contributed by atoms with Gasteiger partial charge in [-0.05, 0) is 43.7 Å².